The number of unbranched alkanes of at least 4 members (excludes halogenated alkanes) is 1. The molecule has 3 rings (SSSR count). The van der Waals surface area contributed by atoms with Crippen molar-refractivity contribution >= 4 is 0 Å². The van der Waals surface area contributed by atoms with Gasteiger partial charge in [-0.05, 0) is 74.5 Å². The maximum atomic E-state index is 3.99. The van der Waals surface area contributed by atoms with E-state index in [0.29, 0.717) is 18.0 Å². The highest BCUT2D eigenvalue weighted by molar-refractivity contribution is 5.40. The molecular formula is C22H33N. The first-order valence-electron chi connectivity index (χ1n) is 9.69. The first-order valence-corrected chi connectivity index (χ1v) is 9.69. The van der Waals surface area contributed by atoms with Gasteiger partial charge in [0.25, 0.3) is 0 Å². The van der Waals surface area contributed by atoms with Gasteiger partial charge < -0.3 is 5.32 Å². The molecule has 1 aliphatic heterocycles. The quantitative estimate of drug-likeness (QED) is 0.698. The maximum absolute atomic E-state index is 3.99. The topological polar surface area (TPSA) is 12.0 Å². The summed E-state index contributed by atoms with van der Waals surface area (Å²) in [5.74, 6) is 1.52. The zero-order valence-electron chi connectivity index (χ0n) is 15.4. The summed E-state index contributed by atoms with van der Waals surface area (Å²) in [7, 11) is 0. The second-order valence-electron chi connectivity index (χ2n) is 7.66. The van der Waals surface area contributed by atoms with Crippen molar-refractivity contribution in [2.75, 3.05) is 0 Å². The molecule has 0 aromatic heterocycles. The van der Waals surface area contributed by atoms with Crippen molar-refractivity contribution in [3.05, 3.63) is 46.5 Å². The van der Waals surface area contributed by atoms with Gasteiger partial charge in [-0.15, -0.1) is 0 Å². The molecule has 4 atom stereocenters. The maximum Gasteiger partial charge on any atom is 0.0391 e. The van der Waals surface area contributed by atoms with Crippen LogP contribution in [-0.2, 0) is 12.8 Å². The van der Waals surface area contributed by atoms with E-state index in [0.717, 1.165) is 12.3 Å². The zero-order valence-corrected chi connectivity index (χ0v) is 15.4. The minimum Gasteiger partial charge on any atom is -0.307 e. The number of fused-ring (bicyclic) bond motifs is 2. The summed E-state index contributed by atoms with van der Waals surface area (Å²) in [5.41, 5.74) is 6.39. The molecule has 1 aliphatic carbocycles. The van der Waals surface area contributed by atoms with Crippen LogP contribution in [0.25, 0.3) is 0 Å². The van der Waals surface area contributed by atoms with Crippen LogP contribution >= 0.6 is 0 Å². The lowest BCUT2D eigenvalue weighted by Gasteiger charge is -2.45. The predicted molar refractivity (Wildman–Crippen MR) is 99.7 cm³/mol. The molecule has 126 valence electrons. The predicted octanol–water partition coefficient (Wildman–Crippen LogP) is 5.60. The molecule has 23 heavy (non-hydrogen) atoms. The molecule has 4 unspecified atom stereocenters. The van der Waals surface area contributed by atoms with Crippen molar-refractivity contribution in [1.29, 1.82) is 0 Å². The van der Waals surface area contributed by atoms with Crippen LogP contribution in [0.5, 0.6) is 0 Å². The van der Waals surface area contributed by atoms with E-state index in [9.17, 15) is 0 Å². The van der Waals surface area contributed by atoms with Crippen LogP contribution in [-0.4, -0.2) is 6.04 Å². The Morgan fingerprint density at radius 1 is 1.22 bits per heavy atom. The highest BCUT2D eigenvalue weighted by Gasteiger charge is 2.38. The van der Waals surface area contributed by atoms with Gasteiger partial charge in [-0.1, -0.05) is 50.1 Å². The number of nitrogens with one attached hydrogen (secondary N) is 1. The largest absolute Gasteiger partial charge is 0.307 e. The summed E-state index contributed by atoms with van der Waals surface area (Å²) in [5, 5.41) is 3.99. The molecule has 1 aromatic rings. The molecule has 2 aliphatic rings. The summed E-state index contributed by atoms with van der Waals surface area (Å²) >= 11 is 0. The third-order valence-corrected chi connectivity index (χ3v) is 6.24. The van der Waals surface area contributed by atoms with Crippen LogP contribution in [0.15, 0.2) is 29.8 Å². The van der Waals surface area contributed by atoms with Gasteiger partial charge in [0, 0.05) is 12.1 Å². The third kappa shape index (κ3) is 3.26. The molecule has 1 N–H and O–H groups in total. The summed E-state index contributed by atoms with van der Waals surface area (Å²) in [4.78, 5) is 0. The zero-order chi connectivity index (χ0) is 16.4. The van der Waals surface area contributed by atoms with Gasteiger partial charge in [-0.2, -0.15) is 0 Å². The monoisotopic (exact) mass is 311 g/mol. The van der Waals surface area contributed by atoms with Crippen LogP contribution in [0.2, 0.25) is 0 Å². The average molecular weight is 312 g/mol. The molecule has 2 bridgehead atoms. The Kier molecular flexibility index (Phi) is 5.26. The smallest absolute Gasteiger partial charge is 0.0391 e. The minimum absolute atomic E-state index is 0.510. The third-order valence-electron chi connectivity index (χ3n) is 6.24. The number of aryl methyl sites for hydroxylation is 1. The van der Waals surface area contributed by atoms with Gasteiger partial charge in [0.2, 0.25) is 0 Å². The summed E-state index contributed by atoms with van der Waals surface area (Å²) < 4.78 is 0. The van der Waals surface area contributed by atoms with Gasteiger partial charge in [-0.25, -0.2) is 0 Å². The molecule has 1 heteroatoms. The van der Waals surface area contributed by atoms with E-state index in [1.54, 1.807) is 22.3 Å². The first kappa shape index (κ1) is 16.8. The summed E-state index contributed by atoms with van der Waals surface area (Å²) in [6.07, 6.45) is 10.1. The second-order valence-corrected chi connectivity index (χ2v) is 7.66. The van der Waals surface area contributed by atoms with Crippen LogP contribution in [0.3, 0.4) is 0 Å². The first-order chi connectivity index (χ1) is 11.2. The molecule has 1 aromatic carbocycles. The molecule has 0 saturated carbocycles. The lowest BCUT2D eigenvalue weighted by molar-refractivity contribution is 0.179. The molecule has 0 amide bonds. The number of hydrogen-bond donors (Lipinski definition) is 1. The summed E-state index contributed by atoms with van der Waals surface area (Å²) in [6, 6.07) is 8.16. The highest BCUT2D eigenvalue weighted by atomic mass is 15.0. The second kappa shape index (κ2) is 7.21. The van der Waals surface area contributed by atoms with E-state index in [1.165, 1.54) is 32.1 Å². The van der Waals surface area contributed by atoms with Crippen molar-refractivity contribution in [3.63, 3.8) is 0 Å². The Bertz CT molecular complexity index is 571. The lowest BCUT2D eigenvalue weighted by atomic mass is 9.69. The van der Waals surface area contributed by atoms with E-state index < -0.39 is 0 Å². The fourth-order valence-electron chi connectivity index (χ4n) is 4.68. The van der Waals surface area contributed by atoms with Gasteiger partial charge in [0.1, 0.15) is 0 Å². The van der Waals surface area contributed by atoms with Gasteiger partial charge >= 0.3 is 0 Å². The van der Waals surface area contributed by atoms with E-state index >= 15 is 0 Å². The fraction of sp³-hybridized carbons (Fsp3) is 0.636. The molecule has 1 nitrogen and oxygen atoms in total. The van der Waals surface area contributed by atoms with Crippen LogP contribution < -0.4 is 5.32 Å². The van der Waals surface area contributed by atoms with Crippen LogP contribution in [0.1, 0.15) is 76.1 Å². The Morgan fingerprint density at radius 3 is 2.78 bits per heavy atom. The van der Waals surface area contributed by atoms with Crippen molar-refractivity contribution in [3.8, 4) is 0 Å². The molecule has 1 fully saturated rings. The van der Waals surface area contributed by atoms with E-state index in [-0.39, 0.29) is 0 Å². The minimum atomic E-state index is 0.510. The van der Waals surface area contributed by atoms with E-state index in [1.807, 2.05) is 0 Å². The fourth-order valence-corrected chi connectivity index (χ4v) is 4.68. The molecule has 1 saturated heterocycles. The highest BCUT2D eigenvalue weighted by Crippen LogP contribution is 2.44. The Hall–Kier alpha value is -1.08. The summed E-state index contributed by atoms with van der Waals surface area (Å²) in [6.45, 7) is 9.33. The van der Waals surface area contributed by atoms with Crippen molar-refractivity contribution in [1.82, 2.24) is 5.32 Å². The SMILES string of the molecule is CCCCc1c(CC)cccc1C1NC(C)C2CC=C(C)C1C2. The van der Waals surface area contributed by atoms with Crippen molar-refractivity contribution in [2.45, 2.75) is 78.3 Å². The van der Waals surface area contributed by atoms with Gasteiger partial charge in [0.15, 0.2) is 0 Å². The van der Waals surface area contributed by atoms with Crippen molar-refractivity contribution < 1.29 is 0 Å². The number of piperidine rings is 1. The van der Waals surface area contributed by atoms with Crippen LogP contribution in [0.4, 0.5) is 0 Å². The molecular weight excluding hydrogens is 278 g/mol. The van der Waals surface area contributed by atoms with E-state index in [2.05, 4.69) is 57.3 Å². The Balaban J connectivity index is 1.99. The number of rotatable bonds is 5. The van der Waals surface area contributed by atoms with Crippen LogP contribution in [0, 0.1) is 11.8 Å². The Labute approximate surface area is 142 Å². The standard InChI is InChI=1S/C22H33N/c1-5-7-10-19-17(6-2)9-8-11-20(19)22-21-14-18(16(4)23-22)13-12-15(21)3/h8-9,11-12,16,18,21-23H,5-7,10,13-14H2,1-4H3. The molecule has 1 heterocycles. The van der Waals surface area contributed by atoms with E-state index in [4.69, 9.17) is 0 Å². The number of hydrogen-bond acceptors (Lipinski definition) is 1. The van der Waals surface area contributed by atoms with Crippen molar-refractivity contribution in [2.24, 2.45) is 11.8 Å². The number of allylic oxidation sites excluding steroid dienone is 1. The Morgan fingerprint density at radius 2 is 2.04 bits per heavy atom. The molecule has 0 spiro atoms. The van der Waals surface area contributed by atoms with Gasteiger partial charge in [0.05, 0.1) is 0 Å². The lowest BCUT2D eigenvalue weighted by Crippen LogP contribution is -2.47. The average Bonchev–Trinajstić information content (AvgIpc) is 2.58. The normalized spacial score (nSPS) is 30.2. The number of benzene rings is 1. The molecule has 0 radical (unpaired) electrons. The van der Waals surface area contributed by atoms with Gasteiger partial charge in [-0.3, -0.25) is 0 Å².